The number of likely N-dealkylation sites (tertiary alicyclic amines) is 1. The maximum Gasteiger partial charge on any atom is 0.223 e. The summed E-state index contributed by atoms with van der Waals surface area (Å²) in [4.78, 5) is 27.0. The standard InChI is InChI=1S/C23H24FNO4/c24-18-7-4-16(5-8-18)20(26)9-11-23(27)25-12-1-3-19(25)17-6-10-21-22(15-17)29-14-2-13-28-21/h4-8,10,15,19H,1-3,9,11-14H2/t19-/m1/s1. The first-order chi connectivity index (χ1) is 14.1. The van der Waals surface area contributed by atoms with E-state index in [1.165, 1.54) is 24.3 Å². The number of benzene rings is 2. The molecule has 0 bridgehead atoms. The van der Waals surface area contributed by atoms with Crippen LogP contribution in [0.1, 0.15) is 54.1 Å². The molecule has 0 N–H and O–H groups in total. The van der Waals surface area contributed by atoms with Crippen molar-refractivity contribution in [3.8, 4) is 11.5 Å². The first kappa shape index (κ1) is 19.4. The lowest BCUT2D eigenvalue weighted by atomic mass is 10.0. The van der Waals surface area contributed by atoms with Gasteiger partial charge in [-0.1, -0.05) is 6.07 Å². The van der Waals surface area contributed by atoms with Crippen LogP contribution in [0.5, 0.6) is 11.5 Å². The van der Waals surface area contributed by atoms with Gasteiger partial charge < -0.3 is 14.4 Å². The number of hydrogen-bond donors (Lipinski definition) is 0. The van der Waals surface area contributed by atoms with E-state index in [0.717, 1.165) is 36.3 Å². The van der Waals surface area contributed by atoms with Crippen molar-refractivity contribution in [1.82, 2.24) is 4.90 Å². The molecule has 29 heavy (non-hydrogen) atoms. The molecular formula is C23H24FNO4. The van der Waals surface area contributed by atoms with Crippen LogP contribution < -0.4 is 9.47 Å². The Morgan fingerprint density at radius 2 is 1.72 bits per heavy atom. The van der Waals surface area contributed by atoms with Gasteiger partial charge in [0.1, 0.15) is 5.82 Å². The van der Waals surface area contributed by atoms with Crippen LogP contribution in [0.25, 0.3) is 0 Å². The fourth-order valence-electron chi connectivity index (χ4n) is 3.94. The lowest BCUT2D eigenvalue weighted by Crippen LogP contribution is -2.30. The van der Waals surface area contributed by atoms with Crippen molar-refractivity contribution in [3.63, 3.8) is 0 Å². The highest BCUT2D eigenvalue weighted by molar-refractivity contribution is 5.98. The third-order valence-corrected chi connectivity index (χ3v) is 5.46. The summed E-state index contributed by atoms with van der Waals surface area (Å²) in [5.74, 6) is 0.908. The predicted molar refractivity (Wildman–Crippen MR) is 106 cm³/mol. The molecule has 0 radical (unpaired) electrons. The van der Waals surface area contributed by atoms with Crippen LogP contribution in [-0.4, -0.2) is 36.3 Å². The van der Waals surface area contributed by atoms with Crippen molar-refractivity contribution in [2.45, 2.75) is 38.1 Å². The van der Waals surface area contributed by atoms with Gasteiger partial charge in [-0.2, -0.15) is 0 Å². The zero-order valence-electron chi connectivity index (χ0n) is 16.2. The Labute approximate surface area is 169 Å². The van der Waals surface area contributed by atoms with Crippen molar-refractivity contribution < 1.29 is 23.5 Å². The third kappa shape index (κ3) is 4.42. The Morgan fingerprint density at radius 1 is 0.966 bits per heavy atom. The van der Waals surface area contributed by atoms with E-state index in [0.29, 0.717) is 25.3 Å². The molecule has 6 heteroatoms. The third-order valence-electron chi connectivity index (χ3n) is 5.46. The maximum absolute atomic E-state index is 13.0. The number of ether oxygens (including phenoxy) is 2. The van der Waals surface area contributed by atoms with E-state index < -0.39 is 0 Å². The molecule has 4 rings (SSSR count). The predicted octanol–water partition coefficient (Wildman–Crippen LogP) is 4.31. The van der Waals surface area contributed by atoms with Crippen molar-refractivity contribution in [2.24, 2.45) is 0 Å². The molecule has 0 unspecified atom stereocenters. The van der Waals surface area contributed by atoms with Gasteiger partial charge in [-0.15, -0.1) is 0 Å². The topological polar surface area (TPSA) is 55.8 Å². The minimum absolute atomic E-state index is 0.0134. The van der Waals surface area contributed by atoms with E-state index in [-0.39, 0.29) is 36.4 Å². The minimum atomic E-state index is -0.382. The average Bonchev–Trinajstić information content (AvgIpc) is 3.11. The van der Waals surface area contributed by atoms with E-state index in [2.05, 4.69) is 0 Å². The molecule has 0 spiro atoms. The summed E-state index contributed by atoms with van der Waals surface area (Å²) in [7, 11) is 0. The smallest absolute Gasteiger partial charge is 0.223 e. The van der Waals surface area contributed by atoms with E-state index in [9.17, 15) is 14.0 Å². The summed E-state index contributed by atoms with van der Waals surface area (Å²) in [5, 5.41) is 0. The number of rotatable bonds is 5. The van der Waals surface area contributed by atoms with Gasteiger partial charge in [-0.3, -0.25) is 9.59 Å². The Kier molecular flexibility index (Phi) is 5.79. The van der Waals surface area contributed by atoms with Crippen LogP contribution in [0.2, 0.25) is 0 Å². The summed E-state index contributed by atoms with van der Waals surface area (Å²) >= 11 is 0. The molecule has 0 saturated carbocycles. The highest BCUT2D eigenvalue weighted by Gasteiger charge is 2.30. The molecule has 2 aliphatic rings. The zero-order chi connectivity index (χ0) is 20.2. The molecule has 1 saturated heterocycles. The number of ketones is 1. The molecule has 152 valence electrons. The molecule has 2 aromatic carbocycles. The van der Waals surface area contributed by atoms with Crippen LogP contribution in [0.15, 0.2) is 42.5 Å². The van der Waals surface area contributed by atoms with E-state index in [1.54, 1.807) is 0 Å². The molecule has 0 aromatic heterocycles. The second kappa shape index (κ2) is 8.64. The van der Waals surface area contributed by atoms with Gasteiger partial charge in [-0.25, -0.2) is 4.39 Å². The number of hydrogen-bond acceptors (Lipinski definition) is 4. The lowest BCUT2D eigenvalue weighted by Gasteiger charge is -2.25. The molecular weight excluding hydrogens is 373 g/mol. The summed E-state index contributed by atoms with van der Waals surface area (Å²) in [6.45, 7) is 1.94. The first-order valence-corrected chi connectivity index (χ1v) is 10.1. The quantitative estimate of drug-likeness (QED) is 0.706. The van der Waals surface area contributed by atoms with Gasteiger partial charge >= 0.3 is 0 Å². The van der Waals surface area contributed by atoms with Crippen molar-refractivity contribution in [3.05, 3.63) is 59.4 Å². The molecule has 2 aromatic rings. The Hall–Kier alpha value is -2.89. The van der Waals surface area contributed by atoms with Gasteiger partial charge in [0.2, 0.25) is 5.91 Å². The average molecular weight is 397 g/mol. The van der Waals surface area contributed by atoms with Gasteiger partial charge in [0.25, 0.3) is 0 Å². The Balaban J connectivity index is 1.41. The summed E-state index contributed by atoms with van der Waals surface area (Å²) < 4.78 is 24.5. The van der Waals surface area contributed by atoms with Crippen molar-refractivity contribution in [2.75, 3.05) is 19.8 Å². The summed E-state index contributed by atoms with van der Waals surface area (Å²) in [6.07, 6.45) is 2.93. The first-order valence-electron chi connectivity index (χ1n) is 10.1. The number of halogens is 1. The van der Waals surface area contributed by atoms with Gasteiger partial charge in [0.05, 0.1) is 19.3 Å². The summed E-state index contributed by atoms with van der Waals surface area (Å²) in [5.41, 5.74) is 1.46. The fourth-order valence-corrected chi connectivity index (χ4v) is 3.94. The molecule has 5 nitrogen and oxygen atoms in total. The Bertz CT molecular complexity index is 896. The molecule has 1 atom stereocenters. The second-order valence-electron chi connectivity index (χ2n) is 7.43. The number of carbonyl (C=O) groups excluding carboxylic acids is 2. The van der Waals surface area contributed by atoms with Crippen LogP contribution in [-0.2, 0) is 4.79 Å². The van der Waals surface area contributed by atoms with Gasteiger partial charge in [0.15, 0.2) is 17.3 Å². The minimum Gasteiger partial charge on any atom is -0.490 e. The molecule has 0 aliphatic carbocycles. The molecule has 2 aliphatic heterocycles. The number of carbonyl (C=O) groups is 2. The number of nitrogens with zero attached hydrogens (tertiary/aromatic N) is 1. The van der Waals surface area contributed by atoms with Crippen LogP contribution in [0.3, 0.4) is 0 Å². The van der Waals surface area contributed by atoms with E-state index in [4.69, 9.17) is 9.47 Å². The van der Waals surface area contributed by atoms with Crippen LogP contribution >= 0.6 is 0 Å². The normalized spacial score (nSPS) is 18.4. The number of Topliss-reactive ketones (excluding diaryl/α,β-unsaturated/α-hetero) is 1. The van der Waals surface area contributed by atoms with Gasteiger partial charge in [0, 0.05) is 31.4 Å². The molecule has 1 fully saturated rings. The SMILES string of the molecule is O=C(CCC(=O)N1CCC[C@@H]1c1ccc2c(c1)OCCCO2)c1ccc(F)cc1. The van der Waals surface area contributed by atoms with Crippen LogP contribution in [0.4, 0.5) is 4.39 Å². The zero-order valence-corrected chi connectivity index (χ0v) is 16.2. The Morgan fingerprint density at radius 3 is 2.52 bits per heavy atom. The largest absolute Gasteiger partial charge is 0.490 e. The fraction of sp³-hybridized carbons (Fsp3) is 0.391. The number of fused-ring (bicyclic) bond motifs is 1. The molecule has 2 heterocycles. The number of amides is 1. The highest BCUT2D eigenvalue weighted by atomic mass is 19.1. The summed E-state index contributed by atoms with van der Waals surface area (Å²) in [6, 6.07) is 11.3. The monoisotopic (exact) mass is 397 g/mol. The van der Waals surface area contributed by atoms with Crippen molar-refractivity contribution >= 4 is 11.7 Å². The van der Waals surface area contributed by atoms with Gasteiger partial charge in [-0.05, 0) is 54.8 Å². The molecule has 1 amide bonds. The second-order valence-corrected chi connectivity index (χ2v) is 7.43. The maximum atomic E-state index is 13.0. The van der Waals surface area contributed by atoms with E-state index in [1.807, 2.05) is 23.1 Å². The lowest BCUT2D eigenvalue weighted by molar-refractivity contribution is -0.132. The van der Waals surface area contributed by atoms with Crippen molar-refractivity contribution in [1.29, 1.82) is 0 Å². The highest BCUT2D eigenvalue weighted by Crippen LogP contribution is 2.38. The van der Waals surface area contributed by atoms with Crippen LogP contribution in [0, 0.1) is 5.82 Å². The van der Waals surface area contributed by atoms with E-state index >= 15 is 0 Å².